The van der Waals surface area contributed by atoms with E-state index >= 15 is 0 Å². The van der Waals surface area contributed by atoms with Crippen LogP contribution in [-0.4, -0.2) is 23.2 Å². The Morgan fingerprint density at radius 1 is 1.05 bits per heavy atom. The number of Topliss-reactive ketones (excluding diaryl/α,β-unsaturated/α-hetero) is 1. The number of nitrogens with zero attached hydrogens (tertiary/aromatic N) is 1. The molecule has 0 aliphatic heterocycles. The van der Waals surface area contributed by atoms with Crippen molar-refractivity contribution < 1.29 is 19.2 Å². The number of nitro benzene ring substituents is 1. The number of carbonyl (C=O) groups is 2. The molecule has 1 amide bonds. The minimum atomic E-state index is -0.686. The fourth-order valence-electron chi connectivity index (χ4n) is 1.89. The number of nitrogens with two attached hydrogens (primary N) is 1. The van der Waals surface area contributed by atoms with E-state index in [9.17, 15) is 19.7 Å². The molecule has 0 saturated carbocycles. The van der Waals surface area contributed by atoms with E-state index in [0.717, 1.165) is 0 Å². The largest absolute Gasteiger partial charge is 0.485 e. The average Bonchev–Trinajstić information content (AvgIpc) is 2.52. The third-order valence-electron chi connectivity index (χ3n) is 2.91. The highest BCUT2D eigenvalue weighted by molar-refractivity contribution is 6.01. The Bertz CT molecular complexity index is 742. The highest BCUT2D eigenvalue weighted by Gasteiger charge is 2.20. The van der Waals surface area contributed by atoms with Crippen molar-refractivity contribution in [2.45, 2.75) is 0 Å². The van der Waals surface area contributed by atoms with Crippen LogP contribution in [0.25, 0.3) is 0 Å². The van der Waals surface area contributed by atoms with Gasteiger partial charge in [0.2, 0.25) is 5.78 Å². The Labute approximate surface area is 125 Å². The van der Waals surface area contributed by atoms with E-state index in [-0.39, 0.29) is 22.6 Å². The third-order valence-corrected chi connectivity index (χ3v) is 2.91. The second-order valence-electron chi connectivity index (χ2n) is 4.35. The number of carbonyl (C=O) groups excluding carboxylic acids is 2. The van der Waals surface area contributed by atoms with Crippen molar-refractivity contribution in [2.75, 3.05) is 6.61 Å². The van der Waals surface area contributed by atoms with Crippen LogP contribution in [0, 0.1) is 10.1 Å². The number of rotatable bonds is 6. The molecule has 2 rings (SSSR count). The van der Waals surface area contributed by atoms with Gasteiger partial charge in [-0.05, 0) is 18.2 Å². The summed E-state index contributed by atoms with van der Waals surface area (Å²) >= 11 is 0. The van der Waals surface area contributed by atoms with E-state index in [2.05, 4.69) is 0 Å². The molecular weight excluding hydrogens is 288 g/mol. The number of para-hydroxylation sites is 2. The second-order valence-corrected chi connectivity index (χ2v) is 4.35. The van der Waals surface area contributed by atoms with Crippen molar-refractivity contribution in [2.24, 2.45) is 5.73 Å². The summed E-state index contributed by atoms with van der Waals surface area (Å²) in [5.74, 6) is -1.10. The molecule has 22 heavy (non-hydrogen) atoms. The fourth-order valence-corrected chi connectivity index (χ4v) is 1.89. The zero-order valence-corrected chi connectivity index (χ0v) is 11.4. The van der Waals surface area contributed by atoms with Gasteiger partial charge in [0.05, 0.1) is 16.1 Å². The van der Waals surface area contributed by atoms with Gasteiger partial charge in [0.1, 0.15) is 5.75 Å². The lowest BCUT2D eigenvalue weighted by atomic mass is 10.1. The summed E-state index contributed by atoms with van der Waals surface area (Å²) in [7, 11) is 0. The first kappa shape index (κ1) is 15.2. The summed E-state index contributed by atoms with van der Waals surface area (Å²) in [5, 5.41) is 10.9. The number of hydrogen-bond donors (Lipinski definition) is 1. The quantitative estimate of drug-likeness (QED) is 0.497. The topological polar surface area (TPSA) is 113 Å². The van der Waals surface area contributed by atoms with Gasteiger partial charge in [-0.25, -0.2) is 0 Å². The number of ketones is 1. The predicted molar refractivity (Wildman–Crippen MR) is 77.9 cm³/mol. The van der Waals surface area contributed by atoms with Gasteiger partial charge < -0.3 is 10.5 Å². The molecule has 7 heteroatoms. The van der Waals surface area contributed by atoms with E-state index in [1.54, 1.807) is 12.1 Å². The molecule has 0 bridgehead atoms. The summed E-state index contributed by atoms with van der Waals surface area (Å²) in [5.41, 5.74) is 5.00. The van der Waals surface area contributed by atoms with Gasteiger partial charge in [0.15, 0.2) is 6.61 Å². The maximum atomic E-state index is 12.1. The van der Waals surface area contributed by atoms with Crippen LogP contribution in [0.5, 0.6) is 5.75 Å². The molecule has 112 valence electrons. The zero-order valence-electron chi connectivity index (χ0n) is 11.4. The summed E-state index contributed by atoms with van der Waals surface area (Å²) in [4.78, 5) is 33.6. The molecule has 0 aliphatic rings. The highest BCUT2D eigenvalue weighted by Crippen LogP contribution is 2.20. The monoisotopic (exact) mass is 300 g/mol. The lowest BCUT2D eigenvalue weighted by molar-refractivity contribution is -0.385. The van der Waals surface area contributed by atoms with Crippen LogP contribution < -0.4 is 10.5 Å². The standard InChI is InChI=1S/C15H12N2O5/c16-15(19)11-6-2-4-8-14(11)22-9-13(18)10-5-1-3-7-12(10)17(20)21/h1-8H,9H2,(H2,16,19). The number of benzene rings is 2. The summed E-state index contributed by atoms with van der Waals surface area (Å²) in [6, 6.07) is 11.8. The molecule has 0 unspecified atom stereocenters. The molecule has 0 aliphatic carbocycles. The summed E-state index contributed by atoms with van der Waals surface area (Å²) in [6.45, 7) is -0.435. The smallest absolute Gasteiger partial charge is 0.280 e. The Morgan fingerprint density at radius 3 is 2.27 bits per heavy atom. The molecule has 0 aromatic heterocycles. The molecule has 0 fully saturated rings. The molecule has 2 N–H and O–H groups in total. The first-order valence-corrected chi connectivity index (χ1v) is 6.29. The minimum Gasteiger partial charge on any atom is -0.485 e. The average molecular weight is 300 g/mol. The van der Waals surface area contributed by atoms with Crippen molar-refractivity contribution in [3.63, 3.8) is 0 Å². The molecular formula is C15H12N2O5. The van der Waals surface area contributed by atoms with E-state index in [1.807, 2.05) is 0 Å². The summed E-state index contributed by atoms with van der Waals surface area (Å²) < 4.78 is 5.28. The van der Waals surface area contributed by atoms with Crippen LogP contribution in [-0.2, 0) is 0 Å². The Morgan fingerprint density at radius 2 is 1.64 bits per heavy atom. The van der Waals surface area contributed by atoms with Crippen LogP contribution in [0.4, 0.5) is 5.69 Å². The van der Waals surface area contributed by atoms with Gasteiger partial charge >= 0.3 is 0 Å². The van der Waals surface area contributed by atoms with E-state index in [1.165, 1.54) is 36.4 Å². The molecule has 0 saturated heterocycles. The number of primary amides is 1. The van der Waals surface area contributed by atoms with Gasteiger partial charge in [-0.3, -0.25) is 19.7 Å². The van der Waals surface area contributed by atoms with Crippen LogP contribution in [0.2, 0.25) is 0 Å². The van der Waals surface area contributed by atoms with Crippen molar-refractivity contribution in [3.8, 4) is 5.75 Å². The van der Waals surface area contributed by atoms with E-state index < -0.39 is 23.2 Å². The Kier molecular flexibility index (Phi) is 4.47. The van der Waals surface area contributed by atoms with Gasteiger partial charge in [-0.2, -0.15) is 0 Å². The lowest BCUT2D eigenvalue weighted by Gasteiger charge is -2.08. The van der Waals surface area contributed by atoms with Gasteiger partial charge in [0, 0.05) is 6.07 Å². The van der Waals surface area contributed by atoms with Crippen LogP contribution >= 0.6 is 0 Å². The molecule has 0 atom stereocenters. The lowest BCUT2D eigenvalue weighted by Crippen LogP contribution is -2.17. The van der Waals surface area contributed by atoms with Gasteiger partial charge in [-0.15, -0.1) is 0 Å². The van der Waals surface area contributed by atoms with E-state index in [4.69, 9.17) is 10.5 Å². The maximum absolute atomic E-state index is 12.1. The Hall–Kier alpha value is -3.22. The van der Waals surface area contributed by atoms with Crippen molar-refractivity contribution >= 4 is 17.4 Å². The minimum absolute atomic E-state index is 0.0518. The third kappa shape index (κ3) is 3.26. The second kappa shape index (κ2) is 6.49. The molecule has 0 spiro atoms. The fraction of sp³-hybridized carbons (Fsp3) is 0.0667. The van der Waals surface area contributed by atoms with Gasteiger partial charge in [0.25, 0.3) is 11.6 Å². The molecule has 0 radical (unpaired) electrons. The van der Waals surface area contributed by atoms with Crippen LogP contribution in [0.1, 0.15) is 20.7 Å². The predicted octanol–water partition coefficient (Wildman–Crippen LogP) is 1.96. The van der Waals surface area contributed by atoms with Crippen molar-refractivity contribution in [3.05, 3.63) is 69.8 Å². The van der Waals surface area contributed by atoms with Crippen molar-refractivity contribution in [1.82, 2.24) is 0 Å². The zero-order chi connectivity index (χ0) is 16.1. The summed E-state index contributed by atoms with van der Waals surface area (Å²) in [6.07, 6.45) is 0. The van der Waals surface area contributed by atoms with Crippen LogP contribution in [0.3, 0.4) is 0 Å². The maximum Gasteiger partial charge on any atom is 0.280 e. The normalized spacial score (nSPS) is 10.0. The van der Waals surface area contributed by atoms with Gasteiger partial charge in [-0.1, -0.05) is 24.3 Å². The first-order valence-electron chi connectivity index (χ1n) is 6.29. The van der Waals surface area contributed by atoms with Crippen molar-refractivity contribution in [1.29, 1.82) is 0 Å². The molecule has 2 aromatic rings. The highest BCUT2D eigenvalue weighted by atomic mass is 16.6. The number of nitro groups is 1. The SMILES string of the molecule is NC(=O)c1ccccc1OCC(=O)c1ccccc1[N+](=O)[O-]. The molecule has 2 aromatic carbocycles. The Balaban J connectivity index is 2.18. The number of hydrogen-bond acceptors (Lipinski definition) is 5. The number of amides is 1. The number of ether oxygens (including phenoxy) is 1. The van der Waals surface area contributed by atoms with Crippen LogP contribution in [0.15, 0.2) is 48.5 Å². The first-order chi connectivity index (χ1) is 10.5. The molecule has 0 heterocycles. The molecule has 7 nitrogen and oxygen atoms in total. The van der Waals surface area contributed by atoms with E-state index in [0.29, 0.717) is 0 Å².